The highest BCUT2D eigenvalue weighted by atomic mass is 32.2. The van der Waals surface area contributed by atoms with E-state index >= 15 is 0 Å². The molecule has 128 valence electrons. The Balaban J connectivity index is 2.02. The molecule has 0 atom stereocenters. The lowest BCUT2D eigenvalue weighted by molar-refractivity contribution is -0.143. The van der Waals surface area contributed by atoms with E-state index in [0.29, 0.717) is 16.5 Å². The first-order valence-corrected chi connectivity index (χ1v) is 8.82. The third-order valence-corrected chi connectivity index (χ3v) is 4.83. The van der Waals surface area contributed by atoms with Crippen molar-refractivity contribution in [2.24, 2.45) is 0 Å². The molecule has 1 aromatic carbocycles. The number of thiocarbonyl (C=S) groups is 1. The number of unbranched alkanes of at least 4 members (excludes halogenated alkanes) is 1. The first-order valence-electron chi connectivity index (χ1n) is 7.60. The van der Waals surface area contributed by atoms with E-state index in [1.807, 2.05) is 37.3 Å². The Hall–Kier alpha value is -1.86. The molecule has 0 radical (unpaired) electrons. The number of rotatable bonds is 7. The second-order valence-corrected chi connectivity index (χ2v) is 6.49. The highest BCUT2D eigenvalue weighted by Crippen LogP contribution is 2.33. The highest BCUT2D eigenvalue weighted by molar-refractivity contribution is 8.19. The van der Waals surface area contributed by atoms with E-state index in [1.165, 1.54) is 4.90 Å². The van der Waals surface area contributed by atoms with Crippen LogP contribution in [0, 0.1) is 0 Å². The number of methoxy groups -OCH3 is 1. The molecule has 5 nitrogen and oxygen atoms in total. The van der Waals surface area contributed by atoms with Gasteiger partial charge in [0.25, 0.3) is 5.24 Å². The summed E-state index contributed by atoms with van der Waals surface area (Å²) in [4.78, 5) is 26.2. The fourth-order valence-electron chi connectivity index (χ4n) is 1.99. The van der Waals surface area contributed by atoms with Gasteiger partial charge in [0, 0.05) is 0 Å². The highest BCUT2D eigenvalue weighted by Gasteiger charge is 2.33. The van der Waals surface area contributed by atoms with Crippen molar-refractivity contribution in [3.8, 4) is 5.75 Å². The maximum atomic E-state index is 12.1. The van der Waals surface area contributed by atoms with E-state index in [9.17, 15) is 9.59 Å². The fraction of sp³-hybridized carbons (Fsp3) is 0.353. The van der Waals surface area contributed by atoms with Gasteiger partial charge in [-0.25, -0.2) is 0 Å². The number of amides is 1. The topological polar surface area (TPSA) is 55.8 Å². The van der Waals surface area contributed by atoms with Crippen molar-refractivity contribution < 1.29 is 19.1 Å². The predicted octanol–water partition coefficient (Wildman–Crippen LogP) is 3.88. The van der Waals surface area contributed by atoms with Crippen LogP contribution in [-0.2, 0) is 9.53 Å². The molecule has 1 aliphatic heterocycles. The second-order valence-electron chi connectivity index (χ2n) is 5.12. The summed E-state index contributed by atoms with van der Waals surface area (Å²) in [7, 11) is 1.60. The molecule has 0 N–H and O–H groups in total. The van der Waals surface area contributed by atoms with Gasteiger partial charge in [0.15, 0.2) is 0 Å². The third kappa shape index (κ3) is 4.82. The number of hydrogen-bond donors (Lipinski definition) is 0. The van der Waals surface area contributed by atoms with Crippen LogP contribution in [0.5, 0.6) is 5.75 Å². The quantitative estimate of drug-likeness (QED) is 0.316. The molecule has 1 amide bonds. The lowest BCUT2D eigenvalue weighted by Crippen LogP contribution is -2.33. The summed E-state index contributed by atoms with van der Waals surface area (Å²) in [6.45, 7) is 2.24. The monoisotopic (exact) mass is 365 g/mol. The van der Waals surface area contributed by atoms with Gasteiger partial charge in [0.1, 0.15) is 17.3 Å². The van der Waals surface area contributed by atoms with E-state index in [0.717, 1.165) is 35.9 Å². The van der Waals surface area contributed by atoms with Gasteiger partial charge in [-0.05, 0) is 42.0 Å². The standard InChI is InChI=1S/C17H19NO4S2/c1-3-4-9-22-15(19)11-18-16(23)14(24-17(18)20)10-12-5-7-13(21-2)8-6-12/h5-8,10H,3-4,9,11H2,1-2H3/b14-10+. The molecule has 0 unspecified atom stereocenters. The Morgan fingerprint density at radius 3 is 2.67 bits per heavy atom. The molecular formula is C17H19NO4S2. The van der Waals surface area contributed by atoms with Crippen molar-refractivity contribution in [3.05, 3.63) is 34.7 Å². The molecule has 0 bridgehead atoms. The second kappa shape index (κ2) is 8.84. The maximum Gasteiger partial charge on any atom is 0.326 e. The van der Waals surface area contributed by atoms with Gasteiger partial charge in [0.2, 0.25) is 0 Å². The summed E-state index contributed by atoms with van der Waals surface area (Å²) in [5.41, 5.74) is 0.904. The molecule has 0 aromatic heterocycles. The Labute approximate surface area is 151 Å². The Morgan fingerprint density at radius 2 is 2.04 bits per heavy atom. The van der Waals surface area contributed by atoms with Crippen molar-refractivity contribution in [1.29, 1.82) is 0 Å². The van der Waals surface area contributed by atoms with Crippen LogP contribution in [-0.4, -0.2) is 41.4 Å². The first-order chi connectivity index (χ1) is 11.5. The van der Waals surface area contributed by atoms with Crippen molar-refractivity contribution >= 4 is 46.3 Å². The number of ether oxygens (including phenoxy) is 2. The van der Waals surface area contributed by atoms with E-state index in [1.54, 1.807) is 7.11 Å². The Bertz CT molecular complexity index is 655. The van der Waals surface area contributed by atoms with E-state index < -0.39 is 5.97 Å². The summed E-state index contributed by atoms with van der Waals surface area (Å²) in [6, 6.07) is 7.42. The summed E-state index contributed by atoms with van der Waals surface area (Å²) in [5.74, 6) is 0.316. The predicted molar refractivity (Wildman–Crippen MR) is 99.1 cm³/mol. The summed E-state index contributed by atoms with van der Waals surface area (Å²) in [5, 5.41) is -0.257. The van der Waals surface area contributed by atoms with Gasteiger partial charge >= 0.3 is 5.97 Å². The van der Waals surface area contributed by atoms with Gasteiger partial charge in [-0.1, -0.05) is 37.7 Å². The van der Waals surface area contributed by atoms with Crippen LogP contribution in [0.3, 0.4) is 0 Å². The third-order valence-electron chi connectivity index (χ3n) is 3.34. The van der Waals surface area contributed by atoms with Crippen LogP contribution in [0.25, 0.3) is 6.08 Å². The molecule has 0 saturated carbocycles. The maximum absolute atomic E-state index is 12.1. The van der Waals surface area contributed by atoms with Crippen LogP contribution >= 0.6 is 24.0 Å². The number of benzene rings is 1. The zero-order valence-corrected chi connectivity index (χ0v) is 15.2. The van der Waals surface area contributed by atoms with E-state index in [2.05, 4.69) is 0 Å². The Kier molecular flexibility index (Phi) is 6.81. The Morgan fingerprint density at radius 1 is 1.33 bits per heavy atom. The lowest BCUT2D eigenvalue weighted by atomic mass is 10.2. The average Bonchev–Trinajstić information content (AvgIpc) is 2.83. The number of carbonyl (C=O) groups is 2. The summed E-state index contributed by atoms with van der Waals surface area (Å²) < 4.78 is 10.2. The molecule has 1 fully saturated rings. The smallest absolute Gasteiger partial charge is 0.326 e. The van der Waals surface area contributed by atoms with Gasteiger partial charge in [-0.15, -0.1) is 0 Å². The molecule has 0 spiro atoms. The van der Waals surface area contributed by atoms with Gasteiger partial charge in [-0.3, -0.25) is 14.5 Å². The first kappa shape index (κ1) is 18.5. The number of hydrogen-bond acceptors (Lipinski definition) is 6. The minimum absolute atomic E-state index is 0.145. The van der Waals surface area contributed by atoms with Crippen molar-refractivity contribution in [1.82, 2.24) is 4.90 Å². The average molecular weight is 365 g/mol. The van der Waals surface area contributed by atoms with Crippen LogP contribution in [0.1, 0.15) is 25.3 Å². The molecule has 7 heteroatoms. The summed E-state index contributed by atoms with van der Waals surface area (Å²) >= 11 is 6.35. The number of thioether (sulfide) groups is 1. The van der Waals surface area contributed by atoms with Gasteiger partial charge in [0.05, 0.1) is 18.6 Å². The molecule has 2 rings (SSSR count). The van der Waals surface area contributed by atoms with Crippen molar-refractivity contribution in [2.45, 2.75) is 19.8 Å². The summed E-state index contributed by atoms with van der Waals surface area (Å²) in [6.07, 6.45) is 3.58. The van der Waals surface area contributed by atoms with Crippen LogP contribution in [0.2, 0.25) is 0 Å². The zero-order valence-electron chi connectivity index (χ0n) is 13.6. The molecule has 24 heavy (non-hydrogen) atoms. The lowest BCUT2D eigenvalue weighted by Gasteiger charge is -2.13. The zero-order chi connectivity index (χ0) is 17.5. The number of carbonyl (C=O) groups excluding carboxylic acids is 2. The van der Waals surface area contributed by atoms with Gasteiger partial charge in [-0.2, -0.15) is 0 Å². The van der Waals surface area contributed by atoms with Crippen molar-refractivity contribution in [2.75, 3.05) is 20.3 Å². The minimum atomic E-state index is -0.439. The molecule has 1 aromatic rings. The fourth-order valence-corrected chi connectivity index (χ4v) is 3.23. The molecular weight excluding hydrogens is 346 g/mol. The van der Waals surface area contributed by atoms with Crippen LogP contribution in [0.15, 0.2) is 29.2 Å². The molecule has 1 saturated heterocycles. The van der Waals surface area contributed by atoms with Gasteiger partial charge < -0.3 is 9.47 Å². The number of nitrogens with zero attached hydrogens (tertiary/aromatic N) is 1. The molecule has 0 aliphatic carbocycles. The largest absolute Gasteiger partial charge is 0.497 e. The van der Waals surface area contributed by atoms with Crippen LogP contribution < -0.4 is 4.74 Å². The van der Waals surface area contributed by atoms with E-state index in [-0.39, 0.29) is 11.8 Å². The SMILES string of the molecule is CCCCOC(=O)CN1C(=O)S/C(=C/c2ccc(OC)cc2)C1=S. The van der Waals surface area contributed by atoms with E-state index in [4.69, 9.17) is 21.7 Å². The van der Waals surface area contributed by atoms with Crippen LogP contribution in [0.4, 0.5) is 4.79 Å². The number of esters is 1. The minimum Gasteiger partial charge on any atom is -0.497 e. The van der Waals surface area contributed by atoms with Crippen molar-refractivity contribution in [3.63, 3.8) is 0 Å². The normalized spacial score (nSPS) is 15.9. The molecule has 1 aliphatic rings. The molecule has 1 heterocycles.